The highest BCUT2D eigenvalue weighted by molar-refractivity contribution is 6.31. The lowest BCUT2D eigenvalue weighted by Gasteiger charge is -2.34. The average Bonchev–Trinajstić information content (AvgIpc) is 2.87. The lowest BCUT2D eigenvalue weighted by molar-refractivity contribution is 0.112. The smallest absolute Gasteiger partial charge is 0.193 e. The highest BCUT2D eigenvalue weighted by Crippen LogP contribution is 2.25. The van der Waals surface area contributed by atoms with Crippen LogP contribution >= 0.6 is 11.6 Å². The lowest BCUT2D eigenvalue weighted by atomic mass is 10.1. The Morgan fingerprint density at radius 2 is 1.59 bits per heavy atom. The molecule has 0 amide bonds. The molecule has 6 heteroatoms. The minimum atomic E-state index is -0.0543. The van der Waals surface area contributed by atoms with Gasteiger partial charge in [0.25, 0.3) is 0 Å². The van der Waals surface area contributed by atoms with Crippen LogP contribution in [0.15, 0.2) is 88.1 Å². The Labute approximate surface area is 204 Å². The van der Waals surface area contributed by atoms with E-state index in [0.29, 0.717) is 29.1 Å². The van der Waals surface area contributed by atoms with Crippen LogP contribution in [0.4, 0.5) is 0 Å². The SMILES string of the molecule is O=c1cc(-c2ccccc2)oc2cc(OCCN3CCN(Cc4ccccc4Cl)CC3)ccc12. The van der Waals surface area contributed by atoms with E-state index in [9.17, 15) is 4.79 Å². The van der Waals surface area contributed by atoms with Gasteiger partial charge in [-0.1, -0.05) is 60.1 Å². The summed E-state index contributed by atoms with van der Waals surface area (Å²) in [5, 5.41) is 1.39. The first-order chi connectivity index (χ1) is 16.7. The number of ether oxygens (including phenoxy) is 1. The number of rotatable bonds is 7. The van der Waals surface area contributed by atoms with Gasteiger partial charge < -0.3 is 9.15 Å². The van der Waals surface area contributed by atoms with E-state index >= 15 is 0 Å². The zero-order chi connectivity index (χ0) is 23.3. The molecule has 1 aromatic heterocycles. The summed E-state index contributed by atoms with van der Waals surface area (Å²) in [7, 11) is 0. The van der Waals surface area contributed by atoms with Crippen molar-refractivity contribution in [2.24, 2.45) is 0 Å². The Morgan fingerprint density at radius 3 is 2.38 bits per heavy atom. The molecular formula is C28H27ClN2O3. The van der Waals surface area contributed by atoms with Gasteiger partial charge in [-0.15, -0.1) is 0 Å². The van der Waals surface area contributed by atoms with E-state index in [1.165, 1.54) is 5.56 Å². The van der Waals surface area contributed by atoms with Crippen molar-refractivity contribution in [3.05, 3.63) is 99.7 Å². The van der Waals surface area contributed by atoms with E-state index < -0.39 is 0 Å². The molecule has 2 heterocycles. The van der Waals surface area contributed by atoms with Gasteiger partial charge in [-0.25, -0.2) is 0 Å². The number of hydrogen-bond acceptors (Lipinski definition) is 5. The first kappa shape index (κ1) is 22.7. The Balaban J connectivity index is 1.16. The van der Waals surface area contributed by atoms with Gasteiger partial charge >= 0.3 is 0 Å². The van der Waals surface area contributed by atoms with Gasteiger partial charge in [0.15, 0.2) is 5.43 Å². The predicted octanol–water partition coefficient (Wildman–Crippen LogP) is 5.31. The minimum absolute atomic E-state index is 0.0543. The fourth-order valence-corrected chi connectivity index (χ4v) is 4.50. The summed E-state index contributed by atoms with van der Waals surface area (Å²) in [5.74, 6) is 1.27. The van der Waals surface area contributed by atoms with Crippen molar-refractivity contribution in [1.82, 2.24) is 9.80 Å². The second-order valence-corrected chi connectivity index (χ2v) is 8.96. The molecule has 34 heavy (non-hydrogen) atoms. The fourth-order valence-electron chi connectivity index (χ4n) is 4.30. The van der Waals surface area contributed by atoms with Crippen LogP contribution in [-0.4, -0.2) is 49.1 Å². The Morgan fingerprint density at radius 1 is 0.853 bits per heavy atom. The van der Waals surface area contributed by atoms with Crippen molar-refractivity contribution in [1.29, 1.82) is 0 Å². The summed E-state index contributed by atoms with van der Waals surface area (Å²) < 4.78 is 12.0. The molecule has 5 nitrogen and oxygen atoms in total. The van der Waals surface area contributed by atoms with Gasteiger partial charge in [-0.2, -0.15) is 0 Å². The number of benzene rings is 3. The van der Waals surface area contributed by atoms with Gasteiger partial charge in [0.05, 0.1) is 5.39 Å². The molecule has 0 radical (unpaired) electrons. The van der Waals surface area contributed by atoms with E-state index in [1.807, 2.05) is 60.7 Å². The number of halogens is 1. The van der Waals surface area contributed by atoms with Crippen LogP contribution in [-0.2, 0) is 6.54 Å². The molecule has 1 fully saturated rings. The second kappa shape index (κ2) is 10.4. The minimum Gasteiger partial charge on any atom is -0.492 e. The third-order valence-electron chi connectivity index (χ3n) is 6.25. The van der Waals surface area contributed by atoms with Crippen LogP contribution in [0, 0.1) is 0 Å². The van der Waals surface area contributed by atoms with Gasteiger partial charge in [0.1, 0.15) is 23.7 Å². The summed E-state index contributed by atoms with van der Waals surface area (Å²) >= 11 is 6.31. The summed E-state index contributed by atoms with van der Waals surface area (Å²) in [4.78, 5) is 17.4. The molecule has 1 saturated heterocycles. The standard InChI is InChI=1S/C28H27ClN2O3/c29-25-9-5-4-8-22(25)20-31-14-12-30(13-15-31)16-17-33-23-10-11-24-26(32)19-27(34-28(24)18-23)21-6-2-1-3-7-21/h1-11,18-19H,12-17,20H2. The quantitative estimate of drug-likeness (QED) is 0.363. The van der Waals surface area contributed by atoms with E-state index in [1.54, 1.807) is 12.1 Å². The molecule has 0 atom stereocenters. The number of nitrogens with zero attached hydrogens (tertiary/aromatic N) is 2. The van der Waals surface area contributed by atoms with Gasteiger partial charge in [0, 0.05) is 62.0 Å². The van der Waals surface area contributed by atoms with Crippen molar-refractivity contribution in [3.63, 3.8) is 0 Å². The molecule has 3 aromatic carbocycles. The molecule has 5 rings (SSSR count). The van der Waals surface area contributed by atoms with Gasteiger partial charge in [-0.3, -0.25) is 14.6 Å². The molecule has 0 unspecified atom stereocenters. The van der Waals surface area contributed by atoms with E-state index in [2.05, 4.69) is 15.9 Å². The van der Waals surface area contributed by atoms with Crippen LogP contribution in [0.2, 0.25) is 5.02 Å². The maximum absolute atomic E-state index is 12.5. The van der Waals surface area contributed by atoms with Crippen LogP contribution in [0.1, 0.15) is 5.56 Å². The largest absolute Gasteiger partial charge is 0.492 e. The van der Waals surface area contributed by atoms with Gasteiger partial charge in [-0.05, 0) is 23.8 Å². The summed E-state index contributed by atoms with van der Waals surface area (Å²) in [6, 6.07) is 24.7. The fraction of sp³-hybridized carbons (Fsp3) is 0.250. The molecule has 0 N–H and O–H groups in total. The van der Waals surface area contributed by atoms with E-state index in [-0.39, 0.29) is 5.43 Å². The highest BCUT2D eigenvalue weighted by Gasteiger charge is 2.17. The molecule has 1 aliphatic heterocycles. The molecule has 0 bridgehead atoms. The highest BCUT2D eigenvalue weighted by atomic mass is 35.5. The molecule has 1 aliphatic rings. The topological polar surface area (TPSA) is 45.9 Å². The maximum atomic E-state index is 12.5. The average molecular weight is 475 g/mol. The number of hydrogen-bond donors (Lipinski definition) is 0. The predicted molar refractivity (Wildman–Crippen MR) is 137 cm³/mol. The Kier molecular flexibility index (Phi) is 6.95. The summed E-state index contributed by atoms with van der Waals surface area (Å²) in [6.45, 7) is 6.34. The van der Waals surface area contributed by atoms with Crippen LogP contribution < -0.4 is 10.2 Å². The number of fused-ring (bicyclic) bond motifs is 1. The summed E-state index contributed by atoms with van der Waals surface area (Å²) in [5.41, 5.74) is 2.54. The zero-order valence-electron chi connectivity index (χ0n) is 19.0. The van der Waals surface area contributed by atoms with Gasteiger partial charge in [0.2, 0.25) is 0 Å². The molecule has 0 saturated carbocycles. The second-order valence-electron chi connectivity index (χ2n) is 8.56. The van der Waals surface area contributed by atoms with Crippen LogP contribution in [0.25, 0.3) is 22.3 Å². The summed E-state index contributed by atoms with van der Waals surface area (Å²) in [6.07, 6.45) is 0. The Hall–Kier alpha value is -3.12. The van der Waals surface area contributed by atoms with Crippen molar-refractivity contribution < 1.29 is 9.15 Å². The molecular weight excluding hydrogens is 448 g/mol. The monoisotopic (exact) mass is 474 g/mol. The van der Waals surface area contributed by atoms with Crippen LogP contribution in [0.5, 0.6) is 5.75 Å². The van der Waals surface area contributed by atoms with E-state index in [4.69, 9.17) is 20.8 Å². The third kappa shape index (κ3) is 5.33. The zero-order valence-corrected chi connectivity index (χ0v) is 19.7. The Bertz CT molecular complexity index is 1310. The molecule has 174 valence electrons. The van der Waals surface area contributed by atoms with Crippen LogP contribution in [0.3, 0.4) is 0 Å². The van der Waals surface area contributed by atoms with Crippen molar-refractivity contribution in [2.75, 3.05) is 39.3 Å². The third-order valence-corrected chi connectivity index (χ3v) is 6.62. The molecule has 4 aromatic rings. The molecule has 0 spiro atoms. The normalized spacial score (nSPS) is 15.0. The first-order valence-electron chi connectivity index (χ1n) is 11.6. The van der Waals surface area contributed by atoms with Crippen molar-refractivity contribution in [2.45, 2.75) is 6.54 Å². The number of piperazine rings is 1. The van der Waals surface area contributed by atoms with E-state index in [0.717, 1.165) is 49.9 Å². The van der Waals surface area contributed by atoms with Crippen molar-refractivity contribution in [3.8, 4) is 17.1 Å². The molecule has 0 aliphatic carbocycles. The first-order valence-corrected chi connectivity index (χ1v) is 12.0. The maximum Gasteiger partial charge on any atom is 0.193 e. The van der Waals surface area contributed by atoms with Crippen molar-refractivity contribution >= 4 is 22.6 Å². The lowest BCUT2D eigenvalue weighted by Crippen LogP contribution is -2.47.